The van der Waals surface area contributed by atoms with E-state index in [-0.39, 0.29) is 22.9 Å². The maximum atomic E-state index is 12.2. The Morgan fingerprint density at radius 1 is 1.53 bits per heavy atom. The Morgan fingerprint density at radius 3 is 2.74 bits per heavy atom. The van der Waals surface area contributed by atoms with Crippen molar-refractivity contribution in [3.05, 3.63) is 38.9 Å². The van der Waals surface area contributed by atoms with Crippen LogP contribution in [0.3, 0.4) is 0 Å². The first kappa shape index (κ1) is 15.4. The third kappa shape index (κ3) is 3.65. The molecule has 0 saturated carbocycles. The van der Waals surface area contributed by atoms with Crippen LogP contribution in [0.5, 0.6) is 0 Å². The minimum Gasteiger partial charge on any atom is -0.396 e. The number of nitro groups is 1. The number of aliphatic hydroxyl groups excluding tert-OH is 1. The van der Waals surface area contributed by atoms with E-state index in [9.17, 15) is 14.9 Å². The molecule has 0 atom stereocenters. The molecule has 0 aliphatic heterocycles. The highest BCUT2D eigenvalue weighted by atomic mass is 35.5. The van der Waals surface area contributed by atoms with Crippen molar-refractivity contribution in [1.29, 1.82) is 0 Å². The maximum absolute atomic E-state index is 12.2. The summed E-state index contributed by atoms with van der Waals surface area (Å²) in [5, 5.41) is 19.7. The molecule has 0 heterocycles. The van der Waals surface area contributed by atoms with Crippen LogP contribution in [0.1, 0.15) is 23.7 Å². The van der Waals surface area contributed by atoms with Gasteiger partial charge in [-0.3, -0.25) is 14.9 Å². The van der Waals surface area contributed by atoms with Gasteiger partial charge in [0.15, 0.2) is 0 Å². The van der Waals surface area contributed by atoms with Gasteiger partial charge in [0.1, 0.15) is 10.6 Å². The van der Waals surface area contributed by atoms with Crippen LogP contribution in [0.2, 0.25) is 5.02 Å². The summed E-state index contributed by atoms with van der Waals surface area (Å²) in [5.74, 6) is -0.454. The molecule has 6 nitrogen and oxygen atoms in total. The third-order valence-corrected chi connectivity index (χ3v) is 2.96. The minimum atomic E-state index is -0.657. The summed E-state index contributed by atoms with van der Waals surface area (Å²) in [5.41, 5.74) is -0.408. The lowest BCUT2D eigenvalue weighted by Crippen LogP contribution is -2.32. The largest absolute Gasteiger partial charge is 0.396 e. The molecule has 1 aromatic carbocycles. The molecule has 7 heteroatoms. The number of benzene rings is 1. The normalized spacial score (nSPS) is 10.3. The Bertz CT molecular complexity index is 479. The molecule has 104 valence electrons. The smallest absolute Gasteiger partial charge is 0.300 e. The van der Waals surface area contributed by atoms with Crippen LogP contribution in [0.4, 0.5) is 5.69 Å². The summed E-state index contributed by atoms with van der Waals surface area (Å²) in [6, 6.07) is 4.26. The molecule has 0 spiro atoms. The molecule has 1 rings (SSSR count). The zero-order valence-corrected chi connectivity index (χ0v) is 11.3. The second-order valence-corrected chi connectivity index (χ2v) is 4.26. The molecule has 0 radical (unpaired) electrons. The molecule has 0 saturated heterocycles. The number of para-hydroxylation sites is 1. The van der Waals surface area contributed by atoms with Gasteiger partial charge in [0.2, 0.25) is 0 Å². The highest BCUT2D eigenvalue weighted by Crippen LogP contribution is 2.29. The van der Waals surface area contributed by atoms with Crippen LogP contribution in [-0.2, 0) is 0 Å². The van der Waals surface area contributed by atoms with Crippen molar-refractivity contribution in [3.63, 3.8) is 0 Å². The second kappa shape index (κ2) is 7.06. The molecule has 1 aromatic rings. The van der Waals surface area contributed by atoms with Crippen molar-refractivity contribution in [2.75, 3.05) is 19.7 Å². The first-order valence-corrected chi connectivity index (χ1v) is 6.23. The lowest BCUT2D eigenvalue weighted by Gasteiger charge is -2.20. The molecule has 1 N–H and O–H groups in total. The number of nitrogens with zero attached hydrogens (tertiary/aromatic N) is 2. The predicted molar refractivity (Wildman–Crippen MR) is 71.4 cm³/mol. The van der Waals surface area contributed by atoms with E-state index in [4.69, 9.17) is 16.7 Å². The Morgan fingerprint density at radius 2 is 2.21 bits per heavy atom. The van der Waals surface area contributed by atoms with Gasteiger partial charge < -0.3 is 10.0 Å². The fraction of sp³-hybridized carbons (Fsp3) is 0.417. The molecule has 0 aliphatic rings. The van der Waals surface area contributed by atoms with Gasteiger partial charge in [-0.15, -0.1) is 0 Å². The van der Waals surface area contributed by atoms with Gasteiger partial charge in [-0.25, -0.2) is 0 Å². The minimum absolute atomic E-state index is 0.0303. The third-order valence-electron chi connectivity index (χ3n) is 2.65. The average Bonchev–Trinajstić information content (AvgIpc) is 2.38. The van der Waals surface area contributed by atoms with Crippen LogP contribution < -0.4 is 0 Å². The molecule has 0 bridgehead atoms. The summed E-state index contributed by atoms with van der Waals surface area (Å²) in [7, 11) is 0. The van der Waals surface area contributed by atoms with Gasteiger partial charge in [0.05, 0.1) is 4.92 Å². The Kier molecular flexibility index (Phi) is 5.72. The van der Waals surface area contributed by atoms with Crippen molar-refractivity contribution in [2.45, 2.75) is 13.3 Å². The summed E-state index contributed by atoms with van der Waals surface area (Å²) >= 11 is 5.77. The quantitative estimate of drug-likeness (QED) is 0.641. The standard InChI is InChI=1S/C12H15ClN2O4/c1-2-14(7-4-8-16)12(17)9-5-3-6-10(13)11(9)15(18)19/h3,5-6,16H,2,4,7-8H2,1H3. The van der Waals surface area contributed by atoms with Crippen molar-refractivity contribution in [1.82, 2.24) is 4.90 Å². The van der Waals surface area contributed by atoms with E-state index in [1.54, 1.807) is 6.92 Å². The van der Waals surface area contributed by atoms with Gasteiger partial charge in [0.25, 0.3) is 5.91 Å². The zero-order chi connectivity index (χ0) is 14.4. The Labute approximate surface area is 115 Å². The maximum Gasteiger partial charge on any atom is 0.300 e. The van der Waals surface area contributed by atoms with E-state index in [0.29, 0.717) is 19.5 Å². The van der Waals surface area contributed by atoms with Crippen LogP contribution in [-0.4, -0.2) is 40.5 Å². The molecule has 0 unspecified atom stereocenters. The molecule has 0 aromatic heterocycles. The van der Waals surface area contributed by atoms with Crippen molar-refractivity contribution < 1.29 is 14.8 Å². The van der Waals surface area contributed by atoms with Crippen molar-refractivity contribution >= 4 is 23.2 Å². The SMILES string of the molecule is CCN(CCCO)C(=O)c1cccc(Cl)c1[N+](=O)[O-]. The Balaban J connectivity index is 3.11. The van der Waals surface area contributed by atoms with Gasteiger partial charge in [0, 0.05) is 19.7 Å². The van der Waals surface area contributed by atoms with Crippen molar-refractivity contribution in [3.8, 4) is 0 Å². The van der Waals surface area contributed by atoms with E-state index in [2.05, 4.69) is 0 Å². The fourth-order valence-electron chi connectivity index (χ4n) is 1.71. The van der Waals surface area contributed by atoms with Crippen LogP contribution in [0.25, 0.3) is 0 Å². The number of rotatable bonds is 6. The summed E-state index contributed by atoms with van der Waals surface area (Å²) in [4.78, 5) is 24.0. The van der Waals surface area contributed by atoms with Gasteiger partial charge in [-0.05, 0) is 25.5 Å². The summed E-state index contributed by atoms with van der Waals surface area (Å²) in [6.45, 7) is 2.48. The summed E-state index contributed by atoms with van der Waals surface area (Å²) < 4.78 is 0. The monoisotopic (exact) mass is 286 g/mol. The zero-order valence-electron chi connectivity index (χ0n) is 10.5. The number of carbonyl (C=O) groups is 1. The molecule has 0 aliphatic carbocycles. The van der Waals surface area contributed by atoms with Crippen molar-refractivity contribution in [2.24, 2.45) is 0 Å². The van der Waals surface area contributed by atoms with E-state index in [0.717, 1.165) is 0 Å². The topological polar surface area (TPSA) is 83.7 Å². The van der Waals surface area contributed by atoms with Crippen LogP contribution in [0, 0.1) is 10.1 Å². The first-order valence-electron chi connectivity index (χ1n) is 5.86. The molecule has 1 amide bonds. The van der Waals surface area contributed by atoms with Crippen LogP contribution >= 0.6 is 11.6 Å². The highest BCUT2D eigenvalue weighted by Gasteiger charge is 2.26. The highest BCUT2D eigenvalue weighted by molar-refractivity contribution is 6.33. The number of halogens is 1. The van der Waals surface area contributed by atoms with E-state index >= 15 is 0 Å². The van der Waals surface area contributed by atoms with Gasteiger partial charge in [-0.2, -0.15) is 0 Å². The number of nitro benzene ring substituents is 1. The van der Waals surface area contributed by atoms with E-state index in [1.807, 2.05) is 0 Å². The molecular formula is C12H15ClN2O4. The van der Waals surface area contributed by atoms with Gasteiger partial charge >= 0.3 is 5.69 Å². The first-order chi connectivity index (χ1) is 9.02. The second-order valence-electron chi connectivity index (χ2n) is 3.86. The molecule has 19 heavy (non-hydrogen) atoms. The lowest BCUT2D eigenvalue weighted by atomic mass is 10.1. The number of carbonyl (C=O) groups excluding carboxylic acids is 1. The number of hydrogen-bond acceptors (Lipinski definition) is 4. The van der Waals surface area contributed by atoms with Gasteiger partial charge in [-0.1, -0.05) is 17.7 Å². The number of aliphatic hydroxyl groups is 1. The fourth-order valence-corrected chi connectivity index (χ4v) is 1.95. The van der Waals surface area contributed by atoms with E-state index < -0.39 is 10.8 Å². The lowest BCUT2D eigenvalue weighted by molar-refractivity contribution is -0.385. The average molecular weight is 287 g/mol. The van der Waals surface area contributed by atoms with E-state index in [1.165, 1.54) is 23.1 Å². The summed E-state index contributed by atoms with van der Waals surface area (Å²) in [6.07, 6.45) is 0.425. The number of hydrogen-bond donors (Lipinski definition) is 1. The predicted octanol–water partition coefficient (Wildman–Crippen LogP) is 2.09. The molecule has 0 fully saturated rings. The van der Waals surface area contributed by atoms with Crippen LogP contribution in [0.15, 0.2) is 18.2 Å². The Hall–Kier alpha value is -1.66. The number of amides is 1. The molecular weight excluding hydrogens is 272 g/mol.